The van der Waals surface area contributed by atoms with Crippen molar-refractivity contribution in [2.45, 2.75) is 44.9 Å². The normalized spacial score (nSPS) is 20.3. The van der Waals surface area contributed by atoms with Crippen molar-refractivity contribution in [1.29, 1.82) is 0 Å². The Bertz CT molecular complexity index is 1390. The molecule has 5 rings (SSSR count). The van der Waals surface area contributed by atoms with Gasteiger partial charge in [-0.25, -0.2) is 0 Å². The predicted octanol–water partition coefficient (Wildman–Crippen LogP) is 5.92. The molecule has 0 spiro atoms. The van der Waals surface area contributed by atoms with Crippen molar-refractivity contribution in [3.05, 3.63) is 82.4 Å². The summed E-state index contributed by atoms with van der Waals surface area (Å²) in [7, 11) is 0. The maximum atomic E-state index is 14.2. The van der Waals surface area contributed by atoms with E-state index in [1.54, 1.807) is 9.80 Å². The lowest BCUT2D eigenvalue weighted by atomic mass is 9.81. The number of benzene rings is 3. The van der Waals surface area contributed by atoms with E-state index in [1.807, 2.05) is 36.4 Å². The fourth-order valence-electron chi connectivity index (χ4n) is 6.23. The molecule has 6 nitrogen and oxygen atoms in total. The molecular weight excluding hydrogens is 512 g/mol. The van der Waals surface area contributed by atoms with Gasteiger partial charge >= 0.3 is 5.97 Å². The molecule has 7 heteroatoms. The molecule has 2 amide bonds. The van der Waals surface area contributed by atoms with Gasteiger partial charge < -0.3 is 14.9 Å². The smallest absolute Gasteiger partial charge is 0.306 e. The fourth-order valence-corrected chi connectivity index (χ4v) is 6.41. The van der Waals surface area contributed by atoms with E-state index in [9.17, 15) is 19.5 Å². The number of carbonyl (C=O) groups excluding carboxylic acids is 2. The van der Waals surface area contributed by atoms with Crippen molar-refractivity contribution in [2.24, 2.45) is 11.8 Å². The van der Waals surface area contributed by atoms with Crippen LogP contribution in [-0.4, -0.2) is 58.9 Å². The first-order chi connectivity index (χ1) is 18.7. The van der Waals surface area contributed by atoms with Crippen LogP contribution in [0.5, 0.6) is 0 Å². The van der Waals surface area contributed by atoms with E-state index in [-0.39, 0.29) is 36.1 Å². The quantitative estimate of drug-likeness (QED) is 0.416. The highest BCUT2D eigenvalue weighted by molar-refractivity contribution is 6.30. The van der Waals surface area contributed by atoms with Crippen LogP contribution in [0.4, 0.5) is 0 Å². The van der Waals surface area contributed by atoms with E-state index in [4.69, 9.17) is 11.6 Å². The van der Waals surface area contributed by atoms with Crippen molar-refractivity contribution >= 4 is 40.2 Å². The van der Waals surface area contributed by atoms with Crippen molar-refractivity contribution < 1.29 is 19.5 Å². The number of carbonyl (C=O) groups is 3. The van der Waals surface area contributed by atoms with Crippen LogP contribution in [-0.2, 0) is 14.4 Å². The van der Waals surface area contributed by atoms with Crippen LogP contribution < -0.4 is 0 Å². The summed E-state index contributed by atoms with van der Waals surface area (Å²) in [6, 6.07) is 20.3. The molecule has 2 unspecified atom stereocenters. The van der Waals surface area contributed by atoms with Gasteiger partial charge in [0.2, 0.25) is 11.8 Å². The van der Waals surface area contributed by atoms with Crippen LogP contribution in [0.1, 0.15) is 61.6 Å². The van der Waals surface area contributed by atoms with Gasteiger partial charge in [-0.05, 0) is 64.8 Å². The zero-order valence-electron chi connectivity index (χ0n) is 22.5. The summed E-state index contributed by atoms with van der Waals surface area (Å²) < 4.78 is 0. The molecule has 39 heavy (non-hydrogen) atoms. The Kier molecular flexibility index (Phi) is 7.94. The average Bonchev–Trinajstić information content (AvgIpc) is 3.03. The lowest BCUT2D eigenvalue weighted by Crippen LogP contribution is -2.47. The van der Waals surface area contributed by atoms with Crippen molar-refractivity contribution in [3.8, 4) is 0 Å². The van der Waals surface area contributed by atoms with Gasteiger partial charge in [0.1, 0.15) is 0 Å². The summed E-state index contributed by atoms with van der Waals surface area (Å²) in [5.41, 5.74) is 3.12. The van der Waals surface area contributed by atoms with Crippen LogP contribution in [0, 0.1) is 11.8 Å². The Morgan fingerprint density at radius 3 is 2.41 bits per heavy atom. The summed E-state index contributed by atoms with van der Waals surface area (Å²) >= 11 is 6.55. The van der Waals surface area contributed by atoms with Gasteiger partial charge in [-0.3, -0.25) is 14.4 Å². The van der Waals surface area contributed by atoms with Gasteiger partial charge in [-0.15, -0.1) is 0 Å². The number of fused-ring (bicyclic) bond motifs is 2. The molecule has 0 saturated carbocycles. The lowest BCUT2D eigenvalue weighted by Gasteiger charge is -2.33. The number of hydrogen-bond donors (Lipinski definition) is 1. The SMILES string of the molecule is CC(C)CC1C(=O)N(CC(=O)N2CCC(C(=O)O)CC2)CC(c2cccc3ccccc23)c2cc(Cl)ccc21. The summed E-state index contributed by atoms with van der Waals surface area (Å²) in [4.78, 5) is 42.5. The third-order valence-corrected chi connectivity index (χ3v) is 8.48. The molecule has 2 aliphatic rings. The summed E-state index contributed by atoms with van der Waals surface area (Å²) in [6.45, 7) is 5.36. The number of hydrogen-bond acceptors (Lipinski definition) is 3. The standard InChI is InChI=1S/C32H35ClN2O4/c1-20(2)16-28-26-11-10-23(33)17-27(26)29(25-9-5-7-21-6-3-4-8-24(21)25)18-35(31(28)37)19-30(36)34-14-12-22(13-15-34)32(38)39/h3-11,17,20,22,28-29H,12-16,18-19H2,1-2H3,(H,38,39). The highest BCUT2D eigenvalue weighted by Crippen LogP contribution is 2.42. The molecule has 2 heterocycles. The minimum Gasteiger partial charge on any atom is -0.481 e. The second-order valence-electron chi connectivity index (χ2n) is 11.3. The van der Waals surface area contributed by atoms with Gasteiger partial charge in [0, 0.05) is 30.6 Å². The minimum atomic E-state index is -0.810. The highest BCUT2D eigenvalue weighted by atomic mass is 35.5. The monoisotopic (exact) mass is 546 g/mol. The Balaban J connectivity index is 1.54. The molecule has 0 aromatic heterocycles. The van der Waals surface area contributed by atoms with Crippen molar-refractivity contribution in [2.75, 3.05) is 26.2 Å². The van der Waals surface area contributed by atoms with Gasteiger partial charge in [0.05, 0.1) is 18.4 Å². The fraction of sp³-hybridized carbons (Fsp3) is 0.406. The summed E-state index contributed by atoms with van der Waals surface area (Å²) in [5.74, 6) is -1.64. The lowest BCUT2D eigenvalue weighted by molar-refractivity contribution is -0.147. The second kappa shape index (κ2) is 11.4. The average molecular weight is 547 g/mol. The topological polar surface area (TPSA) is 77.9 Å². The van der Waals surface area contributed by atoms with Crippen LogP contribution in [0.15, 0.2) is 60.7 Å². The van der Waals surface area contributed by atoms with E-state index in [0.29, 0.717) is 43.9 Å². The number of likely N-dealkylation sites (tertiary alicyclic amines) is 1. The molecule has 3 aromatic rings. The zero-order valence-corrected chi connectivity index (χ0v) is 23.2. The summed E-state index contributed by atoms with van der Waals surface area (Å²) in [5, 5.41) is 12.2. The van der Waals surface area contributed by atoms with E-state index < -0.39 is 11.9 Å². The highest BCUT2D eigenvalue weighted by Gasteiger charge is 2.38. The van der Waals surface area contributed by atoms with E-state index in [0.717, 1.165) is 27.5 Å². The van der Waals surface area contributed by atoms with E-state index >= 15 is 0 Å². The Hall–Kier alpha value is -3.38. The molecular formula is C32H35ClN2O4. The third kappa shape index (κ3) is 5.67. The Morgan fingerprint density at radius 2 is 1.69 bits per heavy atom. The number of amides is 2. The molecule has 0 bridgehead atoms. The van der Waals surface area contributed by atoms with E-state index in [2.05, 4.69) is 38.1 Å². The van der Waals surface area contributed by atoms with Crippen LogP contribution in [0.25, 0.3) is 10.8 Å². The van der Waals surface area contributed by atoms with Gasteiger partial charge in [-0.2, -0.15) is 0 Å². The molecule has 2 atom stereocenters. The number of aliphatic carboxylic acids is 1. The maximum Gasteiger partial charge on any atom is 0.306 e. The number of nitrogens with zero attached hydrogens (tertiary/aromatic N) is 2. The second-order valence-corrected chi connectivity index (χ2v) is 11.7. The Morgan fingerprint density at radius 1 is 0.974 bits per heavy atom. The van der Waals surface area contributed by atoms with Crippen molar-refractivity contribution in [1.82, 2.24) is 9.80 Å². The molecule has 1 fully saturated rings. The first kappa shape index (κ1) is 27.2. The van der Waals surface area contributed by atoms with Gasteiger partial charge in [0.15, 0.2) is 0 Å². The zero-order chi connectivity index (χ0) is 27.7. The number of carboxylic acids is 1. The number of piperidine rings is 1. The maximum absolute atomic E-state index is 14.2. The molecule has 0 aliphatic carbocycles. The molecule has 3 aromatic carbocycles. The summed E-state index contributed by atoms with van der Waals surface area (Å²) in [6.07, 6.45) is 1.55. The van der Waals surface area contributed by atoms with Crippen molar-refractivity contribution in [3.63, 3.8) is 0 Å². The molecule has 204 valence electrons. The predicted molar refractivity (Wildman–Crippen MR) is 153 cm³/mol. The molecule has 1 saturated heterocycles. The third-order valence-electron chi connectivity index (χ3n) is 8.24. The molecule has 0 radical (unpaired) electrons. The number of rotatable bonds is 6. The van der Waals surface area contributed by atoms with Crippen LogP contribution in [0.3, 0.4) is 0 Å². The van der Waals surface area contributed by atoms with E-state index in [1.165, 1.54) is 0 Å². The molecule has 1 N–H and O–H groups in total. The van der Waals surface area contributed by atoms with Crippen LogP contribution >= 0.6 is 11.6 Å². The Labute approximate surface area is 234 Å². The largest absolute Gasteiger partial charge is 0.481 e. The molecule has 2 aliphatic heterocycles. The van der Waals surface area contributed by atoms with Crippen LogP contribution in [0.2, 0.25) is 5.02 Å². The first-order valence-corrected chi connectivity index (χ1v) is 14.2. The first-order valence-electron chi connectivity index (χ1n) is 13.8. The minimum absolute atomic E-state index is 0.0197. The van der Waals surface area contributed by atoms with Gasteiger partial charge in [-0.1, -0.05) is 74.0 Å². The van der Waals surface area contributed by atoms with Gasteiger partial charge in [0.25, 0.3) is 0 Å². The number of carboxylic acid groups (broad SMARTS) is 1. The number of halogens is 1.